The van der Waals surface area contributed by atoms with Gasteiger partial charge in [-0.05, 0) is 60.8 Å². The monoisotopic (exact) mass is 442 g/mol. The van der Waals surface area contributed by atoms with Gasteiger partial charge in [0.25, 0.3) is 5.91 Å². The first-order valence-corrected chi connectivity index (χ1v) is 10.2. The summed E-state index contributed by atoms with van der Waals surface area (Å²) in [4.78, 5) is 17.5. The molecule has 4 aromatic rings. The Bertz CT molecular complexity index is 1210. The summed E-state index contributed by atoms with van der Waals surface area (Å²) in [6.07, 6.45) is -2.73. The molecular formula is C23H17F3N2O2S. The van der Waals surface area contributed by atoms with E-state index in [9.17, 15) is 18.0 Å². The zero-order chi connectivity index (χ0) is 22.0. The van der Waals surface area contributed by atoms with Crippen molar-refractivity contribution in [2.24, 2.45) is 0 Å². The minimum absolute atomic E-state index is 0.236. The van der Waals surface area contributed by atoms with Crippen LogP contribution in [0.5, 0.6) is 11.5 Å². The third-order valence-corrected chi connectivity index (χ3v) is 5.78. The first-order chi connectivity index (χ1) is 14.8. The highest BCUT2D eigenvalue weighted by atomic mass is 32.1. The van der Waals surface area contributed by atoms with Crippen LogP contribution in [0.1, 0.15) is 33.9 Å². The third kappa shape index (κ3) is 4.69. The molecule has 0 radical (unpaired) electrons. The molecule has 0 aliphatic heterocycles. The molecule has 0 saturated carbocycles. The van der Waals surface area contributed by atoms with Gasteiger partial charge in [0.1, 0.15) is 11.5 Å². The highest BCUT2D eigenvalue weighted by molar-refractivity contribution is 7.21. The van der Waals surface area contributed by atoms with Crippen molar-refractivity contribution in [1.82, 2.24) is 10.3 Å². The lowest BCUT2D eigenvalue weighted by Crippen LogP contribution is -2.26. The molecule has 1 N–H and O–H groups in total. The van der Waals surface area contributed by atoms with Gasteiger partial charge in [0.05, 0.1) is 26.9 Å². The van der Waals surface area contributed by atoms with Gasteiger partial charge in [0.15, 0.2) is 0 Å². The van der Waals surface area contributed by atoms with Gasteiger partial charge in [-0.1, -0.05) is 18.2 Å². The first-order valence-electron chi connectivity index (χ1n) is 9.41. The van der Waals surface area contributed by atoms with Gasteiger partial charge in [0, 0.05) is 6.20 Å². The number of rotatable bonds is 5. The van der Waals surface area contributed by atoms with Crippen molar-refractivity contribution >= 4 is 27.3 Å². The van der Waals surface area contributed by atoms with E-state index >= 15 is 0 Å². The maximum Gasteiger partial charge on any atom is 0.416 e. The number of nitrogens with one attached hydrogen (secondary N) is 1. The fourth-order valence-corrected chi connectivity index (χ4v) is 4.05. The summed E-state index contributed by atoms with van der Waals surface area (Å²) in [5.74, 6) is 0.516. The molecule has 2 heterocycles. The summed E-state index contributed by atoms with van der Waals surface area (Å²) in [7, 11) is 0. The standard InChI is InChI=1S/C23H17F3N2O2S/c1-14(18-6-2-3-12-27-18)28-22(29)20-13-15-5-4-7-19(21(15)31-20)30-17-10-8-16(9-11-17)23(24,25)26/h2-14H,1H3,(H,28,29)/t14-/m0/s1. The molecule has 0 bridgehead atoms. The highest BCUT2D eigenvalue weighted by Gasteiger charge is 2.30. The second-order valence-corrected chi connectivity index (χ2v) is 7.91. The van der Waals surface area contributed by atoms with Gasteiger partial charge in [-0.15, -0.1) is 11.3 Å². The van der Waals surface area contributed by atoms with Crippen LogP contribution < -0.4 is 10.1 Å². The summed E-state index contributed by atoms with van der Waals surface area (Å²) in [6.45, 7) is 1.85. The number of aromatic nitrogens is 1. The van der Waals surface area contributed by atoms with Gasteiger partial charge in [-0.25, -0.2) is 0 Å². The van der Waals surface area contributed by atoms with E-state index in [-0.39, 0.29) is 17.7 Å². The van der Waals surface area contributed by atoms with Crippen LogP contribution in [0, 0.1) is 0 Å². The van der Waals surface area contributed by atoms with Crippen LogP contribution in [0.15, 0.2) is 72.9 Å². The lowest BCUT2D eigenvalue weighted by molar-refractivity contribution is -0.137. The van der Waals surface area contributed by atoms with Crippen molar-refractivity contribution in [3.63, 3.8) is 0 Å². The Morgan fingerprint density at radius 3 is 2.52 bits per heavy atom. The summed E-state index contributed by atoms with van der Waals surface area (Å²) in [5.41, 5.74) is 0.0125. The maximum atomic E-state index is 12.8. The predicted molar refractivity (Wildman–Crippen MR) is 113 cm³/mol. The highest BCUT2D eigenvalue weighted by Crippen LogP contribution is 2.37. The Labute approximate surface area is 180 Å². The molecule has 0 aliphatic carbocycles. The molecule has 1 atom stereocenters. The van der Waals surface area contributed by atoms with Crippen LogP contribution in [-0.4, -0.2) is 10.9 Å². The molecule has 158 valence electrons. The number of carbonyl (C=O) groups excluding carboxylic acids is 1. The zero-order valence-electron chi connectivity index (χ0n) is 16.3. The Morgan fingerprint density at radius 2 is 1.84 bits per heavy atom. The molecular weight excluding hydrogens is 425 g/mol. The first kappa shape index (κ1) is 20.9. The van der Waals surface area contributed by atoms with Crippen molar-refractivity contribution in [3.05, 3.63) is 89.1 Å². The molecule has 0 aliphatic rings. The minimum Gasteiger partial charge on any atom is -0.456 e. The summed E-state index contributed by atoms with van der Waals surface area (Å²) >= 11 is 1.26. The Hall–Kier alpha value is -3.39. The second-order valence-electron chi connectivity index (χ2n) is 6.86. The Morgan fingerprint density at radius 1 is 1.06 bits per heavy atom. The zero-order valence-corrected chi connectivity index (χ0v) is 17.1. The predicted octanol–water partition coefficient (Wildman–Crippen LogP) is 6.60. The summed E-state index contributed by atoms with van der Waals surface area (Å²) in [5, 5.41) is 3.73. The fourth-order valence-electron chi connectivity index (χ4n) is 3.04. The molecule has 4 nitrogen and oxygen atoms in total. The summed E-state index contributed by atoms with van der Waals surface area (Å²) in [6, 6.07) is 16.8. The minimum atomic E-state index is -4.40. The second kappa shape index (κ2) is 8.39. The molecule has 2 aromatic heterocycles. The number of amides is 1. The number of nitrogens with zero attached hydrogens (tertiary/aromatic N) is 1. The van der Waals surface area contributed by atoms with E-state index < -0.39 is 11.7 Å². The van der Waals surface area contributed by atoms with Crippen molar-refractivity contribution in [2.45, 2.75) is 19.1 Å². The molecule has 1 amide bonds. The van der Waals surface area contributed by atoms with E-state index in [1.807, 2.05) is 31.2 Å². The molecule has 31 heavy (non-hydrogen) atoms. The van der Waals surface area contributed by atoms with Crippen LogP contribution in [0.4, 0.5) is 13.2 Å². The van der Waals surface area contributed by atoms with Crippen LogP contribution >= 0.6 is 11.3 Å². The SMILES string of the molecule is C[C@H](NC(=O)c1cc2cccc(Oc3ccc(C(F)(F)F)cc3)c2s1)c1ccccn1. The Kier molecular flexibility index (Phi) is 5.65. The normalized spacial score (nSPS) is 12.5. The third-order valence-electron chi connectivity index (χ3n) is 4.62. The van der Waals surface area contributed by atoms with Crippen LogP contribution in [0.3, 0.4) is 0 Å². The topological polar surface area (TPSA) is 51.2 Å². The van der Waals surface area contributed by atoms with Crippen LogP contribution in [-0.2, 0) is 6.18 Å². The number of benzene rings is 2. The lowest BCUT2D eigenvalue weighted by Gasteiger charge is -2.12. The molecule has 0 fully saturated rings. The number of carbonyl (C=O) groups is 1. The van der Waals surface area contributed by atoms with Crippen molar-refractivity contribution in [3.8, 4) is 11.5 Å². The number of ether oxygens (including phenoxy) is 1. The number of fused-ring (bicyclic) bond motifs is 1. The molecule has 0 saturated heterocycles. The number of hydrogen-bond acceptors (Lipinski definition) is 4. The van der Waals surface area contributed by atoms with Gasteiger partial charge in [0.2, 0.25) is 0 Å². The molecule has 4 rings (SSSR count). The lowest BCUT2D eigenvalue weighted by atomic mass is 10.2. The summed E-state index contributed by atoms with van der Waals surface area (Å²) < 4.78 is 44.8. The van der Waals surface area contributed by atoms with Crippen molar-refractivity contribution in [2.75, 3.05) is 0 Å². The van der Waals surface area contributed by atoms with E-state index in [4.69, 9.17) is 4.74 Å². The number of pyridine rings is 1. The van der Waals surface area contributed by atoms with E-state index in [2.05, 4.69) is 10.3 Å². The quantitative estimate of drug-likeness (QED) is 0.379. The molecule has 0 unspecified atom stereocenters. The van der Waals surface area contributed by atoms with Gasteiger partial charge in [-0.3, -0.25) is 9.78 Å². The average molecular weight is 442 g/mol. The maximum absolute atomic E-state index is 12.8. The number of alkyl halides is 3. The smallest absolute Gasteiger partial charge is 0.416 e. The van der Waals surface area contributed by atoms with E-state index in [1.54, 1.807) is 24.4 Å². The largest absolute Gasteiger partial charge is 0.456 e. The van der Waals surface area contributed by atoms with Crippen molar-refractivity contribution in [1.29, 1.82) is 0 Å². The number of halogens is 3. The number of thiophene rings is 1. The average Bonchev–Trinajstić information content (AvgIpc) is 3.20. The molecule has 8 heteroatoms. The van der Waals surface area contributed by atoms with Gasteiger partial charge < -0.3 is 10.1 Å². The number of hydrogen-bond donors (Lipinski definition) is 1. The van der Waals surface area contributed by atoms with Crippen LogP contribution in [0.2, 0.25) is 0 Å². The molecule has 2 aromatic carbocycles. The Balaban J connectivity index is 1.55. The fraction of sp³-hybridized carbons (Fsp3) is 0.130. The van der Waals surface area contributed by atoms with Gasteiger partial charge in [-0.2, -0.15) is 13.2 Å². The van der Waals surface area contributed by atoms with Crippen LogP contribution in [0.25, 0.3) is 10.1 Å². The van der Waals surface area contributed by atoms with E-state index in [1.165, 1.54) is 23.5 Å². The van der Waals surface area contributed by atoms with Crippen molar-refractivity contribution < 1.29 is 22.7 Å². The van der Waals surface area contributed by atoms with Gasteiger partial charge >= 0.3 is 6.18 Å². The van der Waals surface area contributed by atoms with E-state index in [0.29, 0.717) is 10.6 Å². The van der Waals surface area contributed by atoms with E-state index in [0.717, 1.165) is 27.9 Å². The molecule has 0 spiro atoms.